The first-order chi connectivity index (χ1) is 2.41. The number of hydrogen-bond acceptors (Lipinski definition) is 0. The van der Waals surface area contributed by atoms with E-state index in [0.717, 1.165) is 0 Å². The van der Waals surface area contributed by atoms with Crippen molar-refractivity contribution in [2.75, 3.05) is 5.34 Å². The Bertz CT molecular complexity index is 9.61. The van der Waals surface area contributed by atoms with Crippen LogP contribution >= 0.6 is 39.0 Å². The summed E-state index contributed by atoms with van der Waals surface area (Å²) in [6.45, 7) is 4.31. The zero-order valence-electron chi connectivity index (χ0n) is 2.42. The van der Waals surface area contributed by atoms with Crippen LogP contribution in [-0.4, -0.2) is 12.0 Å². The average molecular weight is 176 g/mol. The minimum atomic E-state index is 0.194. The van der Waals surface area contributed by atoms with Crippen LogP contribution in [0.25, 0.3) is 0 Å². The quantitative estimate of drug-likeness (QED) is 0.390. The highest BCUT2D eigenvalue weighted by molar-refractivity contribution is 9.22. The molecule has 0 fully saturated rings. The van der Waals surface area contributed by atoms with Gasteiger partial charge in [-0.3, -0.25) is 0 Å². The summed E-state index contributed by atoms with van der Waals surface area (Å²) in [5.74, 6) is 0. The van der Waals surface area contributed by atoms with Gasteiger partial charge in [-0.25, -0.2) is 0 Å². The van der Waals surface area contributed by atoms with Gasteiger partial charge in [0, 0.05) is 0 Å². The van der Waals surface area contributed by atoms with Crippen molar-refractivity contribution in [2.24, 2.45) is 0 Å². The normalized spacial score (nSPS) is 4.60. The molecular weight excluding hydrogens is 174 g/mol. The van der Waals surface area contributed by atoms with Gasteiger partial charge in [-0.15, -0.1) is 23.2 Å². The van der Waals surface area contributed by atoms with Crippen molar-refractivity contribution in [3.63, 3.8) is 0 Å². The summed E-state index contributed by atoms with van der Waals surface area (Å²) in [6, 6.07) is 0. The molecule has 2 radical (unpaired) electrons. The molecule has 0 aromatic rings. The lowest BCUT2D eigenvalue weighted by atomic mass is 10.8. The number of halogens is 3. The van der Waals surface area contributed by atoms with Crippen LogP contribution in [0.15, 0.2) is 0 Å². The predicted octanol–water partition coefficient (Wildman–Crippen LogP) is 1.89. The van der Waals surface area contributed by atoms with Crippen LogP contribution in [0.2, 0.25) is 0 Å². The molecule has 0 N–H and O–H groups in total. The third kappa shape index (κ3) is 39.5. The van der Waals surface area contributed by atoms with Crippen molar-refractivity contribution >= 4 is 45.6 Å². The largest absolute Gasteiger partial charge is 0.176 e. The molecule has 0 atom stereocenters. The summed E-state index contributed by atoms with van der Waals surface area (Å²) in [6.07, 6.45) is 0. The molecule has 0 aliphatic rings. The Morgan fingerprint density at radius 2 is 1.40 bits per heavy atom. The number of rotatable bonds is 0. The molecule has 0 bridgehead atoms. The lowest BCUT2D eigenvalue weighted by Gasteiger charge is -1.42. The Balaban J connectivity index is 0. The average Bonchev–Trinajstić information content (AvgIpc) is 1.46. The van der Waals surface area contributed by atoms with E-state index in [1.54, 1.807) is 0 Å². The molecule has 4 heteroatoms. The van der Waals surface area contributed by atoms with Crippen molar-refractivity contribution in [3.05, 3.63) is 0 Å². The molecule has 0 aliphatic heterocycles. The molecule has 0 nitrogen and oxygen atoms in total. The van der Waals surface area contributed by atoms with Crippen LogP contribution in [0.4, 0.5) is 0 Å². The number of hydrogen-bond donors (Lipinski definition) is 0. The van der Waals surface area contributed by atoms with E-state index in [9.17, 15) is 0 Å². The first-order valence-corrected chi connectivity index (χ1v) is 2.74. The third-order valence-corrected chi connectivity index (χ3v) is 0. The standard InChI is InChI=1S/CH2Cl2.BBr/c2-1-3;1-2/h1H2;. The zero-order valence-corrected chi connectivity index (χ0v) is 5.52. The summed E-state index contributed by atoms with van der Waals surface area (Å²) in [7, 11) is 0. The Kier molecular flexibility index (Phi) is 36.5. The Hall–Kier alpha value is 1.12. The Morgan fingerprint density at radius 1 is 1.40 bits per heavy atom. The Morgan fingerprint density at radius 3 is 1.40 bits per heavy atom. The fourth-order valence-electron chi connectivity index (χ4n) is 0. The lowest BCUT2D eigenvalue weighted by Crippen LogP contribution is -1.24. The molecule has 0 aromatic carbocycles. The van der Waals surface area contributed by atoms with Crippen molar-refractivity contribution in [2.45, 2.75) is 0 Å². The highest BCUT2D eigenvalue weighted by Gasteiger charge is 1.41. The minimum absolute atomic E-state index is 0.194. The third-order valence-electron chi connectivity index (χ3n) is 0. The van der Waals surface area contributed by atoms with E-state index in [-0.39, 0.29) is 5.34 Å². The van der Waals surface area contributed by atoms with Crippen LogP contribution in [0.3, 0.4) is 0 Å². The SMILES string of the molecule is ClCCl.[B]Br. The second kappa shape index (κ2) is 19.3. The van der Waals surface area contributed by atoms with Gasteiger partial charge >= 0.3 is 0 Å². The van der Waals surface area contributed by atoms with E-state index >= 15 is 0 Å². The molecule has 5 heavy (non-hydrogen) atoms. The van der Waals surface area contributed by atoms with Gasteiger partial charge in [-0.05, 0) is 0 Å². The van der Waals surface area contributed by atoms with Gasteiger partial charge in [0.05, 0.1) is 5.34 Å². The molecule has 0 rings (SSSR count). The van der Waals surface area contributed by atoms with Crippen molar-refractivity contribution in [3.8, 4) is 0 Å². The Labute approximate surface area is 51.2 Å². The first kappa shape index (κ1) is 9.45. The van der Waals surface area contributed by atoms with Crippen LogP contribution < -0.4 is 0 Å². The molecule has 0 saturated heterocycles. The van der Waals surface area contributed by atoms with E-state index in [4.69, 9.17) is 23.2 Å². The summed E-state index contributed by atoms with van der Waals surface area (Å²) in [4.78, 5) is 0. The summed E-state index contributed by atoms with van der Waals surface area (Å²) in [5, 5.41) is 0.194. The van der Waals surface area contributed by atoms with E-state index in [1.165, 1.54) is 0 Å². The summed E-state index contributed by atoms with van der Waals surface area (Å²) < 4.78 is 0. The predicted molar refractivity (Wildman–Crippen MR) is 31.3 cm³/mol. The monoisotopic (exact) mass is 174 g/mol. The van der Waals surface area contributed by atoms with Crippen molar-refractivity contribution in [1.82, 2.24) is 0 Å². The maximum atomic E-state index is 4.76. The topological polar surface area (TPSA) is 0 Å². The molecule has 0 aliphatic carbocycles. The van der Waals surface area contributed by atoms with Gasteiger partial charge in [0.1, 0.15) is 0 Å². The van der Waals surface area contributed by atoms with E-state index < -0.39 is 0 Å². The van der Waals surface area contributed by atoms with Crippen molar-refractivity contribution < 1.29 is 0 Å². The van der Waals surface area contributed by atoms with Gasteiger partial charge in [-0.2, -0.15) is 15.8 Å². The molecule has 0 heterocycles. The van der Waals surface area contributed by atoms with Crippen LogP contribution in [0.1, 0.15) is 0 Å². The highest BCUT2D eigenvalue weighted by Crippen LogP contribution is 1.73. The highest BCUT2D eigenvalue weighted by atomic mass is 79.9. The molecule has 0 unspecified atom stereocenters. The van der Waals surface area contributed by atoms with Crippen molar-refractivity contribution in [1.29, 1.82) is 0 Å². The minimum Gasteiger partial charge on any atom is -0.176 e. The molecule has 0 spiro atoms. The van der Waals surface area contributed by atoms with Gasteiger partial charge in [0.15, 0.2) is 6.67 Å². The van der Waals surface area contributed by atoms with E-state index in [2.05, 4.69) is 22.4 Å². The second-order valence-electron chi connectivity index (χ2n) is 0.101. The van der Waals surface area contributed by atoms with Crippen LogP contribution in [-0.2, 0) is 0 Å². The number of alkyl halides is 2. The summed E-state index contributed by atoms with van der Waals surface area (Å²) in [5.41, 5.74) is 0. The maximum absolute atomic E-state index is 4.76. The fraction of sp³-hybridized carbons (Fsp3) is 1.00. The zero-order chi connectivity index (χ0) is 4.71. The summed E-state index contributed by atoms with van der Waals surface area (Å²) >= 11 is 12.0. The fourth-order valence-corrected chi connectivity index (χ4v) is 0. The molecular formula is CH2BBrCl2. The molecule has 0 aromatic heterocycles. The van der Waals surface area contributed by atoms with Crippen LogP contribution in [0, 0.1) is 0 Å². The van der Waals surface area contributed by atoms with Gasteiger partial charge in [0.25, 0.3) is 0 Å². The molecule has 0 amide bonds. The van der Waals surface area contributed by atoms with E-state index in [1.807, 2.05) is 0 Å². The van der Waals surface area contributed by atoms with E-state index in [0.29, 0.717) is 0 Å². The second-order valence-corrected chi connectivity index (χ2v) is 0.909. The lowest BCUT2D eigenvalue weighted by molar-refractivity contribution is 2.20. The molecule has 0 saturated carbocycles. The first-order valence-electron chi connectivity index (χ1n) is 0.753. The van der Waals surface area contributed by atoms with Gasteiger partial charge in [-0.1, -0.05) is 0 Å². The van der Waals surface area contributed by atoms with Crippen LogP contribution in [0.5, 0.6) is 0 Å². The van der Waals surface area contributed by atoms with Gasteiger partial charge < -0.3 is 0 Å². The molecule has 30 valence electrons. The smallest absolute Gasteiger partial charge is 0.176 e. The maximum Gasteiger partial charge on any atom is 0.176 e. The van der Waals surface area contributed by atoms with Gasteiger partial charge in [0.2, 0.25) is 0 Å².